The number of aliphatic hydroxyl groups is 8. The molecular weight excluding hydrogens is 432 g/mol. The van der Waals surface area contributed by atoms with Crippen LogP contribution in [0.3, 0.4) is 0 Å². The van der Waals surface area contributed by atoms with E-state index in [-0.39, 0.29) is 0 Å². The van der Waals surface area contributed by atoms with Gasteiger partial charge in [-0.05, 0) is 0 Å². The van der Waals surface area contributed by atoms with Gasteiger partial charge >= 0.3 is 5.97 Å². The molecule has 3 rings (SSSR count). The predicted molar refractivity (Wildman–Crippen MR) is 89.8 cm³/mol. The van der Waals surface area contributed by atoms with Crippen molar-refractivity contribution in [1.82, 2.24) is 0 Å². The van der Waals surface area contributed by atoms with Crippen LogP contribution in [0.4, 0.5) is 0 Å². The van der Waals surface area contributed by atoms with Gasteiger partial charge in [0.1, 0.15) is 54.9 Å². The quantitative estimate of drug-likeness (QED) is 0.172. The highest BCUT2D eigenvalue weighted by Gasteiger charge is 2.55. The van der Waals surface area contributed by atoms with Crippen molar-refractivity contribution < 1.29 is 74.4 Å². The van der Waals surface area contributed by atoms with Crippen molar-refractivity contribution in [3.63, 3.8) is 0 Å². The van der Waals surface area contributed by atoms with E-state index in [1.54, 1.807) is 0 Å². The van der Waals surface area contributed by atoms with E-state index in [0.29, 0.717) is 0 Å². The average Bonchev–Trinajstić information content (AvgIpc) is 3.17. The van der Waals surface area contributed by atoms with E-state index in [9.17, 15) is 50.8 Å². The number of aliphatic carboxylic acids is 1. The molecule has 3 aliphatic heterocycles. The van der Waals surface area contributed by atoms with Crippen molar-refractivity contribution in [3.8, 4) is 0 Å². The molecule has 0 aromatic heterocycles. The Labute approximate surface area is 174 Å². The summed E-state index contributed by atoms with van der Waals surface area (Å²) in [6, 6.07) is 0. The molecule has 0 aliphatic carbocycles. The fraction of sp³-hybridized carbons (Fsp3) is 0.938. The summed E-state index contributed by atoms with van der Waals surface area (Å²) in [7, 11) is 0. The first-order valence-electron chi connectivity index (χ1n) is 9.40. The second kappa shape index (κ2) is 9.84. The summed E-state index contributed by atoms with van der Waals surface area (Å²) in [6.07, 6.45) is -21.9. The van der Waals surface area contributed by atoms with Gasteiger partial charge in [0.05, 0.1) is 13.2 Å². The Morgan fingerprint density at radius 1 is 0.677 bits per heavy atom. The standard InChI is InChI=1S/C16H26O15/c17-1-3-5(19)7(21)15(27-3)30-10-9(23)14(26)29-12(13(24)25)11(10)31-16-8(22)6(20)4(2-18)28-16/h3-12,14-23,26H,1-2H2,(H,24,25)/t3-,4+,5-,6+,7-,8+,9+,10+,11-,12-,14?,15+,16-/m0/s1. The fourth-order valence-electron chi connectivity index (χ4n) is 3.61. The molecule has 3 fully saturated rings. The van der Waals surface area contributed by atoms with Crippen LogP contribution in [0.1, 0.15) is 0 Å². The molecule has 180 valence electrons. The van der Waals surface area contributed by atoms with Crippen LogP contribution >= 0.6 is 0 Å². The third-order valence-electron chi connectivity index (χ3n) is 5.36. The fourth-order valence-corrected chi connectivity index (χ4v) is 3.61. The molecule has 0 saturated carbocycles. The molecule has 0 radical (unpaired) electrons. The molecule has 3 heterocycles. The van der Waals surface area contributed by atoms with Crippen molar-refractivity contribution >= 4 is 5.97 Å². The minimum Gasteiger partial charge on any atom is -0.479 e. The van der Waals surface area contributed by atoms with Crippen LogP contribution in [0.5, 0.6) is 0 Å². The van der Waals surface area contributed by atoms with Gasteiger partial charge in [0.2, 0.25) is 0 Å². The van der Waals surface area contributed by atoms with E-state index < -0.39 is 99.1 Å². The smallest absolute Gasteiger partial charge is 0.335 e. The van der Waals surface area contributed by atoms with Gasteiger partial charge in [0.15, 0.2) is 25.0 Å². The largest absolute Gasteiger partial charge is 0.479 e. The Morgan fingerprint density at radius 3 is 1.52 bits per heavy atom. The maximum atomic E-state index is 11.7. The molecule has 9 N–H and O–H groups in total. The maximum Gasteiger partial charge on any atom is 0.335 e. The van der Waals surface area contributed by atoms with Gasteiger partial charge in [-0.3, -0.25) is 0 Å². The zero-order valence-corrected chi connectivity index (χ0v) is 15.9. The highest BCUT2D eigenvalue weighted by atomic mass is 16.8. The summed E-state index contributed by atoms with van der Waals surface area (Å²) in [4.78, 5) is 11.7. The van der Waals surface area contributed by atoms with Gasteiger partial charge in [0, 0.05) is 0 Å². The Kier molecular flexibility index (Phi) is 7.80. The summed E-state index contributed by atoms with van der Waals surface area (Å²) >= 11 is 0. The number of carboxylic acids is 1. The summed E-state index contributed by atoms with van der Waals surface area (Å²) in [5, 5.41) is 87.9. The van der Waals surface area contributed by atoms with Crippen molar-refractivity contribution in [1.29, 1.82) is 0 Å². The van der Waals surface area contributed by atoms with Crippen LogP contribution < -0.4 is 0 Å². The lowest BCUT2D eigenvalue weighted by Gasteiger charge is -2.42. The molecule has 1 unspecified atom stereocenters. The van der Waals surface area contributed by atoms with Gasteiger partial charge in [-0.15, -0.1) is 0 Å². The van der Waals surface area contributed by atoms with Gasteiger partial charge in [-0.1, -0.05) is 0 Å². The molecule has 13 atom stereocenters. The number of carboxylic acid groups (broad SMARTS) is 1. The SMILES string of the molecule is O=C(O)[C@H]1OC(O)[C@H](O)[C@@H](O[C@H]2O[C@@H](CO)[C@H](O)[C@@H]2O)[C@@H]1O[C@@H]1O[C@H](CO)[C@@H](O)[C@H]1O. The van der Waals surface area contributed by atoms with Gasteiger partial charge in [0.25, 0.3) is 0 Å². The first-order chi connectivity index (χ1) is 14.6. The first kappa shape index (κ1) is 24.6. The zero-order valence-electron chi connectivity index (χ0n) is 15.9. The molecule has 0 aromatic rings. The van der Waals surface area contributed by atoms with E-state index in [0.717, 1.165) is 0 Å². The Bertz CT molecular complexity index is 620. The number of carbonyl (C=O) groups is 1. The molecule has 31 heavy (non-hydrogen) atoms. The number of aliphatic hydroxyl groups excluding tert-OH is 8. The van der Waals surface area contributed by atoms with Crippen LogP contribution in [-0.4, -0.2) is 145 Å². The lowest BCUT2D eigenvalue weighted by molar-refractivity contribution is -0.340. The van der Waals surface area contributed by atoms with Gasteiger partial charge < -0.3 is 69.6 Å². The third kappa shape index (κ3) is 4.69. The number of rotatable bonds is 7. The van der Waals surface area contributed by atoms with E-state index in [4.69, 9.17) is 23.7 Å². The number of hydrogen-bond acceptors (Lipinski definition) is 14. The Morgan fingerprint density at radius 2 is 1.13 bits per heavy atom. The van der Waals surface area contributed by atoms with Crippen LogP contribution in [0.25, 0.3) is 0 Å². The van der Waals surface area contributed by atoms with E-state index in [1.807, 2.05) is 0 Å². The van der Waals surface area contributed by atoms with E-state index in [2.05, 4.69) is 0 Å². The summed E-state index contributed by atoms with van der Waals surface area (Å²) in [5.74, 6) is -1.66. The average molecular weight is 458 g/mol. The summed E-state index contributed by atoms with van der Waals surface area (Å²) < 4.78 is 25.9. The highest BCUT2D eigenvalue weighted by molar-refractivity contribution is 5.73. The van der Waals surface area contributed by atoms with Crippen molar-refractivity contribution in [2.45, 2.75) is 79.9 Å². The van der Waals surface area contributed by atoms with E-state index >= 15 is 0 Å². The van der Waals surface area contributed by atoms with Crippen LogP contribution in [0.2, 0.25) is 0 Å². The van der Waals surface area contributed by atoms with Crippen molar-refractivity contribution in [2.24, 2.45) is 0 Å². The molecular formula is C16H26O15. The normalized spacial score (nSPS) is 50.6. The lowest BCUT2D eigenvalue weighted by atomic mass is 9.98. The lowest BCUT2D eigenvalue weighted by Crippen LogP contribution is -2.63. The molecule has 0 aromatic carbocycles. The molecule has 15 nitrogen and oxygen atoms in total. The number of ether oxygens (including phenoxy) is 5. The molecule has 0 amide bonds. The van der Waals surface area contributed by atoms with Crippen molar-refractivity contribution in [2.75, 3.05) is 13.2 Å². The Hall–Kier alpha value is -1.05. The number of hydrogen-bond donors (Lipinski definition) is 9. The highest BCUT2D eigenvalue weighted by Crippen LogP contribution is 2.33. The van der Waals surface area contributed by atoms with E-state index in [1.165, 1.54) is 0 Å². The minimum atomic E-state index is -2.06. The molecule has 3 saturated heterocycles. The molecule has 15 heteroatoms. The minimum absolute atomic E-state index is 0.683. The van der Waals surface area contributed by atoms with Crippen molar-refractivity contribution in [3.05, 3.63) is 0 Å². The summed E-state index contributed by atoms with van der Waals surface area (Å²) in [5.41, 5.74) is 0. The van der Waals surface area contributed by atoms with Gasteiger partial charge in [-0.2, -0.15) is 0 Å². The van der Waals surface area contributed by atoms with Crippen LogP contribution in [0, 0.1) is 0 Å². The molecule has 0 bridgehead atoms. The van der Waals surface area contributed by atoms with Gasteiger partial charge in [-0.25, -0.2) is 4.79 Å². The predicted octanol–water partition coefficient (Wildman–Crippen LogP) is -6.20. The van der Waals surface area contributed by atoms with Crippen LogP contribution in [-0.2, 0) is 28.5 Å². The topological polar surface area (TPSA) is 245 Å². The zero-order chi connectivity index (χ0) is 23.0. The second-order valence-corrected chi connectivity index (χ2v) is 7.39. The monoisotopic (exact) mass is 458 g/mol. The second-order valence-electron chi connectivity index (χ2n) is 7.39. The Balaban J connectivity index is 1.83. The molecule has 0 spiro atoms. The first-order valence-corrected chi connectivity index (χ1v) is 9.40. The summed E-state index contributed by atoms with van der Waals surface area (Å²) in [6.45, 7) is -1.37. The van der Waals surface area contributed by atoms with Crippen LogP contribution in [0.15, 0.2) is 0 Å². The third-order valence-corrected chi connectivity index (χ3v) is 5.36. The molecule has 3 aliphatic rings. The maximum absolute atomic E-state index is 11.7.